The third-order valence-corrected chi connectivity index (χ3v) is 5.41. The smallest absolute Gasteiger partial charge is 0.492 e. The molecule has 0 bridgehead atoms. The highest BCUT2D eigenvalue weighted by molar-refractivity contribution is 6.62. The largest absolute Gasteiger partial charge is 0.497 e. The van der Waals surface area contributed by atoms with Crippen LogP contribution in [0.2, 0.25) is 0 Å². The van der Waals surface area contributed by atoms with Crippen molar-refractivity contribution < 1.29 is 33.8 Å². The predicted molar refractivity (Wildman–Crippen MR) is 140 cm³/mol. The summed E-state index contributed by atoms with van der Waals surface area (Å²) in [6, 6.07) is 10.5. The minimum Gasteiger partial charge on any atom is -0.497 e. The lowest BCUT2D eigenvalue weighted by Gasteiger charge is -2.14. The summed E-state index contributed by atoms with van der Waals surface area (Å²) in [5.41, 5.74) is 2.78. The molecule has 196 valence electrons. The first kappa shape index (κ1) is 27.8. The Bertz CT molecular complexity index is 1220. The first-order chi connectivity index (χ1) is 17.8. The maximum Gasteiger partial charge on any atom is 0.492 e. The molecule has 11 heteroatoms. The molecule has 0 radical (unpaired) electrons. The van der Waals surface area contributed by atoms with Gasteiger partial charge in [0.15, 0.2) is 0 Å². The van der Waals surface area contributed by atoms with Crippen molar-refractivity contribution in [1.29, 1.82) is 0 Å². The van der Waals surface area contributed by atoms with Crippen LogP contribution in [0.25, 0.3) is 0 Å². The van der Waals surface area contributed by atoms with Crippen LogP contribution >= 0.6 is 0 Å². The van der Waals surface area contributed by atoms with Gasteiger partial charge < -0.3 is 34.3 Å². The predicted octanol–water partition coefficient (Wildman–Crippen LogP) is 3.86. The molecule has 1 unspecified atom stereocenters. The molecule has 2 aromatic carbocycles. The molecule has 10 nitrogen and oxygen atoms in total. The molecule has 0 saturated carbocycles. The van der Waals surface area contributed by atoms with Crippen LogP contribution in [-0.2, 0) is 16.0 Å². The zero-order valence-electron chi connectivity index (χ0n) is 21.6. The number of rotatable bonds is 9. The molecule has 0 fully saturated rings. The van der Waals surface area contributed by atoms with Crippen molar-refractivity contribution in [3.05, 3.63) is 59.3 Å². The van der Waals surface area contributed by atoms with Crippen LogP contribution in [0.5, 0.6) is 23.1 Å². The summed E-state index contributed by atoms with van der Waals surface area (Å²) in [6.45, 7) is 6.46. The third kappa shape index (κ3) is 7.11. The van der Waals surface area contributed by atoms with Crippen molar-refractivity contribution in [3.8, 4) is 23.1 Å². The number of hydrogen-bond acceptors (Lipinski definition) is 9. The fourth-order valence-electron chi connectivity index (χ4n) is 3.90. The number of aryl methyl sites for hydroxylation is 1. The molecular weight excluding hydrogens is 477 g/mol. The summed E-state index contributed by atoms with van der Waals surface area (Å²) in [6.07, 6.45) is 1.87. The van der Waals surface area contributed by atoms with Crippen molar-refractivity contribution in [3.63, 3.8) is 0 Å². The van der Waals surface area contributed by atoms with E-state index in [9.17, 15) is 9.82 Å². The van der Waals surface area contributed by atoms with E-state index in [2.05, 4.69) is 29.1 Å². The molecule has 4 rings (SSSR count). The van der Waals surface area contributed by atoms with E-state index in [4.69, 9.17) is 24.0 Å². The van der Waals surface area contributed by atoms with Gasteiger partial charge in [0.1, 0.15) is 17.2 Å². The van der Waals surface area contributed by atoms with E-state index in [0.717, 1.165) is 11.1 Å². The van der Waals surface area contributed by atoms with Gasteiger partial charge in [-0.25, -0.2) is 4.98 Å². The summed E-state index contributed by atoms with van der Waals surface area (Å²) >= 11 is 0. The van der Waals surface area contributed by atoms with Crippen LogP contribution in [0.3, 0.4) is 0 Å². The van der Waals surface area contributed by atoms with Gasteiger partial charge in [0.25, 0.3) is 0 Å². The molecule has 3 N–H and O–H groups in total. The Morgan fingerprint density at radius 2 is 1.89 bits per heavy atom. The summed E-state index contributed by atoms with van der Waals surface area (Å²) in [5.74, 6) is 1.50. The molecule has 0 spiro atoms. The Balaban J connectivity index is 0.00000121. The number of anilines is 1. The van der Waals surface area contributed by atoms with Crippen LogP contribution in [0.1, 0.15) is 49.5 Å². The summed E-state index contributed by atoms with van der Waals surface area (Å²) < 4.78 is 22.0. The van der Waals surface area contributed by atoms with Crippen molar-refractivity contribution in [1.82, 2.24) is 9.97 Å². The first-order valence-electron chi connectivity index (χ1n) is 11.9. The fourth-order valence-corrected chi connectivity index (χ4v) is 3.90. The molecule has 3 aromatic rings. The van der Waals surface area contributed by atoms with Crippen molar-refractivity contribution >= 4 is 24.5 Å². The summed E-state index contributed by atoms with van der Waals surface area (Å²) in [5, 5.41) is 22.5. The van der Waals surface area contributed by atoms with Crippen molar-refractivity contribution in [2.75, 3.05) is 19.5 Å². The quantitative estimate of drug-likeness (QED) is 0.366. The average molecular weight is 509 g/mol. The number of methoxy groups -OCH3 is 2. The highest BCUT2D eigenvalue weighted by Gasteiger charge is 2.38. The Morgan fingerprint density at radius 1 is 1.14 bits per heavy atom. The SMILES string of the molecule is CCC.COc1ccc(OC)c(CNc2nccc(Oc3cc(C)c4c(c3)B(O)OC4CC(=O)O)n2)c1. The Hall–Kier alpha value is -3.83. The number of carboxylic acids is 1. The summed E-state index contributed by atoms with van der Waals surface area (Å²) in [4.78, 5) is 19.7. The molecule has 2 heterocycles. The lowest BCUT2D eigenvalue weighted by atomic mass is 9.77. The van der Waals surface area contributed by atoms with Crippen molar-refractivity contribution in [2.24, 2.45) is 0 Å². The van der Waals surface area contributed by atoms with E-state index < -0.39 is 19.2 Å². The lowest BCUT2D eigenvalue weighted by Crippen LogP contribution is -2.28. The highest BCUT2D eigenvalue weighted by atomic mass is 16.5. The Kier molecular flexibility index (Phi) is 9.70. The standard InChI is InChI=1S/C23H24BN3O7.C3H8/c1-13-8-16(10-17-22(13)19(11-21(28)29)34-24(17)30)33-20-6-7-25-23(27-20)26-12-14-9-15(31-2)4-5-18(14)32-3;1-3-2/h4-10,19,30H,11-12H2,1-3H3,(H,28,29)(H,25,26,27);3H2,1-2H3. The van der Waals surface area contributed by atoms with Crippen LogP contribution in [0, 0.1) is 6.92 Å². The number of fused-ring (bicyclic) bond motifs is 1. The number of carbonyl (C=O) groups is 1. The fraction of sp³-hybridized carbons (Fsp3) is 0.346. The van der Waals surface area contributed by atoms with Crippen LogP contribution in [0.4, 0.5) is 5.95 Å². The minimum absolute atomic E-state index is 0.232. The maximum absolute atomic E-state index is 11.1. The number of hydrogen-bond donors (Lipinski definition) is 3. The van der Waals surface area contributed by atoms with E-state index in [1.807, 2.05) is 25.1 Å². The Morgan fingerprint density at radius 3 is 2.57 bits per heavy atom. The van der Waals surface area contributed by atoms with E-state index in [0.29, 0.717) is 46.6 Å². The zero-order chi connectivity index (χ0) is 26.9. The number of aromatic nitrogens is 2. The normalized spacial score (nSPS) is 13.8. The molecule has 0 saturated heterocycles. The minimum atomic E-state index is -1.22. The molecule has 0 amide bonds. The van der Waals surface area contributed by atoms with Gasteiger partial charge in [0.2, 0.25) is 11.8 Å². The number of aliphatic carboxylic acids is 1. The molecule has 1 atom stereocenters. The van der Waals surface area contributed by atoms with Gasteiger partial charge in [0.05, 0.1) is 26.7 Å². The van der Waals surface area contributed by atoms with Crippen LogP contribution in [-0.4, -0.2) is 47.4 Å². The molecular formula is C26H32BN3O7. The van der Waals surface area contributed by atoms with E-state index >= 15 is 0 Å². The molecule has 1 aliphatic rings. The van der Waals surface area contributed by atoms with Crippen LogP contribution in [0.15, 0.2) is 42.6 Å². The first-order valence-corrected chi connectivity index (χ1v) is 11.9. The number of benzene rings is 2. The number of nitrogens with zero attached hydrogens (tertiary/aromatic N) is 2. The molecule has 1 aromatic heterocycles. The Labute approximate surface area is 216 Å². The summed E-state index contributed by atoms with van der Waals surface area (Å²) in [7, 11) is 1.98. The molecule has 0 aliphatic carbocycles. The van der Waals surface area contributed by atoms with E-state index in [1.54, 1.807) is 38.6 Å². The zero-order valence-corrected chi connectivity index (χ0v) is 21.6. The highest BCUT2D eigenvalue weighted by Crippen LogP contribution is 2.33. The molecule has 1 aliphatic heterocycles. The van der Waals surface area contributed by atoms with Gasteiger partial charge in [-0.05, 0) is 53.8 Å². The molecule has 37 heavy (non-hydrogen) atoms. The van der Waals surface area contributed by atoms with Crippen molar-refractivity contribution in [2.45, 2.75) is 46.3 Å². The van der Waals surface area contributed by atoms with Crippen LogP contribution < -0.4 is 25.0 Å². The topological polar surface area (TPSA) is 132 Å². The maximum atomic E-state index is 11.1. The second-order valence-electron chi connectivity index (χ2n) is 8.38. The third-order valence-electron chi connectivity index (χ3n) is 5.41. The van der Waals surface area contributed by atoms with Gasteiger partial charge in [0, 0.05) is 24.4 Å². The van der Waals surface area contributed by atoms with Gasteiger partial charge in [-0.2, -0.15) is 4.98 Å². The average Bonchev–Trinajstić information content (AvgIpc) is 3.17. The number of carboxylic acid groups (broad SMARTS) is 1. The number of ether oxygens (including phenoxy) is 3. The van der Waals surface area contributed by atoms with E-state index in [-0.39, 0.29) is 6.42 Å². The van der Waals surface area contributed by atoms with Gasteiger partial charge in [-0.15, -0.1) is 0 Å². The van der Waals surface area contributed by atoms with Gasteiger partial charge in [-0.1, -0.05) is 20.3 Å². The van der Waals surface area contributed by atoms with Gasteiger partial charge >= 0.3 is 13.1 Å². The monoisotopic (exact) mass is 509 g/mol. The lowest BCUT2D eigenvalue weighted by molar-refractivity contribution is -0.138. The second kappa shape index (κ2) is 12.9. The number of nitrogens with one attached hydrogen (secondary N) is 1. The second-order valence-corrected chi connectivity index (χ2v) is 8.38. The van der Waals surface area contributed by atoms with Gasteiger partial charge in [-0.3, -0.25) is 4.79 Å². The van der Waals surface area contributed by atoms with E-state index in [1.165, 1.54) is 6.42 Å².